The van der Waals surface area contributed by atoms with Crippen molar-refractivity contribution in [3.05, 3.63) is 35.9 Å². The van der Waals surface area contributed by atoms with Gasteiger partial charge in [-0.15, -0.1) is 0 Å². The van der Waals surface area contributed by atoms with Gasteiger partial charge in [-0.2, -0.15) is 5.10 Å². The molecule has 100 valence electrons. The Morgan fingerprint density at radius 1 is 1.42 bits per heavy atom. The van der Waals surface area contributed by atoms with Crippen LogP contribution in [0.15, 0.2) is 24.5 Å². The Kier molecular flexibility index (Phi) is 3.50. The van der Waals surface area contributed by atoms with Crippen LogP contribution >= 0.6 is 0 Å². The molecule has 0 spiro atoms. The van der Waals surface area contributed by atoms with Gasteiger partial charge in [0, 0.05) is 39.2 Å². The van der Waals surface area contributed by atoms with E-state index in [4.69, 9.17) is 0 Å². The van der Waals surface area contributed by atoms with Crippen LogP contribution in [0.2, 0.25) is 0 Å². The number of aryl methyl sites for hydroxylation is 2. The van der Waals surface area contributed by atoms with Crippen molar-refractivity contribution < 1.29 is 4.79 Å². The van der Waals surface area contributed by atoms with Gasteiger partial charge >= 0.3 is 0 Å². The predicted molar refractivity (Wildman–Crippen MR) is 73.5 cm³/mol. The van der Waals surface area contributed by atoms with E-state index in [-0.39, 0.29) is 5.91 Å². The van der Waals surface area contributed by atoms with Crippen LogP contribution in [0.5, 0.6) is 0 Å². The molecule has 0 unspecified atom stereocenters. The number of pyridine rings is 1. The summed E-state index contributed by atoms with van der Waals surface area (Å²) in [7, 11) is 5.27. The Hall–Kier alpha value is -2.37. The zero-order valence-corrected chi connectivity index (χ0v) is 11.5. The van der Waals surface area contributed by atoms with E-state index in [1.165, 1.54) is 4.90 Å². The SMILES string of the molecule is Cc1nn(C)cc1Nc1ccnc(C(=O)N(C)C)c1. The first-order chi connectivity index (χ1) is 8.97. The molecule has 2 aromatic rings. The largest absolute Gasteiger partial charge is 0.353 e. The van der Waals surface area contributed by atoms with Crippen LogP contribution in [0.3, 0.4) is 0 Å². The topological polar surface area (TPSA) is 63.1 Å². The third kappa shape index (κ3) is 2.90. The minimum absolute atomic E-state index is 0.119. The molecule has 0 aliphatic carbocycles. The van der Waals surface area contributed by atoms with E-state index >= 15 is 0 Å². The van der Waals surface area contributed by atoms with E-state index in [2.05, 4.69) is 15.4 Å². The van der Waals surface area contributed by atoms with Gasteiger partial charge in [0.15, 0.2) is 0 Å². The highest BCUT2D eigenvalue weighted by Gasteiger charge is 2.10. The van der Waals surface area contributed by atoms with Gasteiger partial charge in [0.1, 0.15) is 5.69 Å². The molecule has 1 amide bonds. The zero-order valence-electron chi connectivity index (χ0n) is 11.5. The molecule has 0 radical (unpaired) electrons. The number of aromatic nitrogens is 3. The summed E-state index contributed by atoms with van der Waals surface area (Å²) < 4.78 is 1.74. The molecule has 0 aliphatic rings. The van der Waals surface area contributed by atoms with Crippen molar-refractivity contribution in [2.24, 2.45) is 7.05 Å². The molecular formula is C13H17N5O. The van der Waals surface area contributed by atoms with Crippen LogP contribution < -0.4 is 5.32 Å². The Morgan fingerprint density at radius 3 is 2.74 bits per heavy atom. The number of hydrogen-bond acceptors (Lipinski definition) is 4. The second-order valence-corrected chi connectivity index (χ2v) is 4.56. The average molecular weight is 259 g/mol. The number of amides is 1. The molecule has 6 nitrogen and oxygen atoms in total. The zero-order chi connectivity index (χ0) is 14.0. The van der Waals surface area contributed by atoms with Crippen molar-refractivity contribution in [3.8, 4) is 0 Å². The number of rotatable bonds is 3. The monoisotopic (exact) mass is 259 g/mol. The smallest absolute Gasteiger partial charge is 0.272 e. The van der Waals surface area contributed by atoms with E-state index in [1.54, 1.807) is 31.0 Å². The Morgan fingerprint density at radius 2 is 2.16 bits per heavy atom. The molecular weight excluding hydrogens is 242 g/mol. The fourth-order valence-corrected chi connectivity index (χ4v) is 1.73. The van der Waals surface area contributed by atoms with Crippen LogP contribution in [0, 0.1) is 6.92 Å². The van der Waals surface area contributed by atoms with Crippen molar-refractivity contribution in [3.63, 3.8) is 0 Å². The van der Waals surface area contributed by atoms with Crippen molar-refractivity contribution in [1.29, 1.82) is 0 Å². The lowest BCUT2D eigenvalue weighted by atomic mass is 10.2. The van der Waals surface area contributed by atoms with Gasteiger partial charge in [0.05, 0.1) is 11.4 Å². The van der Waals surface area contributed by atoms with Gasteiger partial charge in [-0.3, -0.25) is 14.5 Å². The quantitative estimate of drug-likeness (QED) is 0.908. The maximum Gasteiger partial charge on any atom is 0.272 e. The van der Waals surface area contributed by atoms with Crippen LogP contribution in [-0.4, -0.2) is 39.7 Å². The summed E-state index contributed by atoms with van der Waals surface area (Å²) in [6, 6.07) is 3.55. The number of hydrogen-bond donors (Lipinski definition) is 1. The minimum atomic E-state index is -0.119. The lowest BCUT2D eigenvalue weighted by Gasteiger charge is -2.11. The molecule has 2 rings (SSSR count). The Bertz CT molecular complexity index is 603. The van der Waals surface area contributed by atoms with Crippen molar-refractivity contribution in [2.75, 3.05) is 19.4 Å². The molecule has 2 aromatic heterocycles. The normalized spacial score (nSPS) is 10.3. The summed E-state index contributed by atoms with van der Waals surface area (Å²) in [4.78, 5) is 17.4. The molecule has 0 saturated heterocycles. The molecule has 6 heteroatoms. The Balaban J connectivity index is 2.24. The van der Waals surface area contributed by atoms with E-state index < -0.39 is 0 Å². The van der Waals surface area contributed by atoms with Gasteiger partial charge in [-0.05, 0) is 19.1 Å². The summed E-state index contributed by atoms with van der Waals surface area (Å²) in [6.07, 6.45) is 3.51. The summed E-state index contributed by atoms with van der Waals surface area (Å²) in [5.74, 6) is -0.119. The van der Waals surface area contributed by atoms with E-state index in [0.29, 0.717) is 5.69 Å². The van der Waals surface area contributed by atoms with E-state index in [9.17, 15) is 4.79 Å². The van der Waals surface area contributed by atoms with Crippen molar-refractivity contribution in [2.45, 2.75) is 6.92 Å². The third-order valence-electron chi connectivity index (χ3n) is 2.68. The van der Waals surface area contributed by atoms with Gasteiger partial charge < -0.3 is 10.2 Å². The maximum atomic E-state index is 11.8. The van der Waals surface area contributed by atoms with Gasteiger partial charge in [-0.1, -0.05) is 0 Å². The highest BCUT2D eigenvalue weighted by molar-refractivity contribution is 5.92. The second-order valence-electron chi connectivity index (χ2n) is 4.56. The van der Waals surface area contributed by atoms with E-state index in [0.717, 1.165) is 17.1 Å². The van der Waals surface area contributed by atoms with Gasteiger partial charge in [0.25, 0.3) is 5.91 Å². The van der Waals surface area contributed by atoms with Crippen LogP contribution in [0.25, 0.3) is 0 Å². The van der Waals surface area contributed by atoms with Gasteiger partial charge in [-0.25, -0.2) is 0 Å². The maximum absolute atomic E-state index is 11.8. The lowest BCUT2D eigenvalue weighted by Crippen LogP contribution is -2.22. The minimum Gasteiger partial charge on any atom is -0.353 e. The number of anilines is 2. The first kappa shape index (κ1) is 13.1. The molecule has 0 saturated carbocycles. The fourth-order valence-electron chi connectivity index (χ4n) is 1.73. The predicted octanol–water partition coefficient (Wildman–Crippen LogP) is 1.57. The van der Waals surface area contributed by atoms with Gasteiger partial charge in [0.2, 0.25) is 0 Å². The highest BCUT2D eigenvalue weighted by Crippen LogP contribution is 2.19. The van der Waals surface area contributed by atoms with Crippen LogP contribution in [-0.2, 0) is 7.05 Å². The molecule has 0 bridgehead atoms. The van der Waals surface area contributed by atoms with Crippen LogP contribution in [0.4, 0.5) is 11.4 Å². The lowest BCUT2D eigenvalue weighted by molar-refractivity contribution is 0.0822. The molecule has 0 fully saturated rings. The van der Waals surface area contributed by atoms with Crippen LogP contribution in [0.1, 0.15) is 16.2 Å². The second kappa shape index (κ2) is 5.09. The number of carbonyl (C=O) groups is 1. The van der Waals surface area contributed by atoms with Crippen molar-refractivity contribution >= 4 is 17.3 Å². The average Bonchev–Trinajstić information content (AvgIpc) is 2.67. The summed E-state index contributed by atoms with van der Waals surface area (Å²) in [5, 5.41) is 7.49. The third-order valence-corrected chi connectivity index (χ3v) is 2.68. The van der Waals surface area contributed by atoms with Crippen molar-refractivity contribution in [1.82, 2.24) is 19.7 Å². The fraction of sp³-hybridized carbons (Fsp3) is 0.308. The number of carbonyl (C=O) groups excluding carboxylic acids is 1. The first-order valence-corrected chi connectivity index (χ1v) is 5.92. The molecule has 1 N–H and O–H groups in total. The van der Waals surface area contributed by atoms with E-state index in [1.807, 2.05) is 26.2 Å². The standard InChI is InChI=1S/C13H17N5O/c1-9-12(8-18(4)16-9)15-10-5-6-14-11(7-10)13(19)17(2)3/h5-8H,1-4H3,(H,14,15). The molecule has 0 aromatic carbocycles. The summed E-state index contributed by atoms with van der Waals surface area (Å²) in [6.45, 7) is 1.93. The molecule has 0 aliphatic heterocycles. The molecule has 19 heavy (non-hydrogen) atoms. The first-order valence-electron chi connectivity index (χ1n) is 5.92. The molecule has 2 heterocycles. The summed E-state index contributed by atoms with van der Waals surface area (Å²) in [5.41, 5.74) is 3.05. The Labute approximate surface area is 112 Å². The molecule has 0 atom stereocenters. The number of nitrogens with one attached hydrogen (secondary N) is 1. The summed E-state index contributed by atoms with van der Waals surface area (Å²) >= 11 is 0. The number of nitrogens with zero attached hydrogens (tertiary/aromatic N) is 4. The highest BCUT2D eigenvalue weighted by atomic mass is 16.2.